The highest BCUT2D eigenvalue weighted by atomic mass is 32.1. The van der Waals surface area contributed by atoms with Crippen LogP contribution in [-0.2, 0) is 6.54 Å². The van der Waals surface area contributed by atoms with E-state index in [0.717, 1.165) is 10.6 Å². The summed E-state index contributed by atoms with van der Waals surface area (Å²) in [5, 5.41) is 2.71. The van der Waals surface area contributed by atoms with E-state index in [9.17, 15) is 4.79 Å². The molecule has 0 radical (unpaired) electrons. The third kappa shape index (κ3) is 3.51. The van der Waals surface area contributed by atoms with Crippen molar-refractivity contribution in [2.24, 2.45) is 0 Å². The lowest BCUT2D eigenvalue weighted by Gasteiger charge is -2.20. The van der Waals surface area contributed by atoms with Crippen molar-refractivity contribution in [3.8, 4) is 0 Å². The summed E-state index contributed by atoms with van der Waals surface area (Å²) in [5.74, 6) is -0.0481. The molecule has 2 aromatic rings. The maximum Gasteiger partial charge on any atom is 0.273 e. The van der Waals surface area contributed by atoms with E-state index in [1.54, 1.807) is 16.4 Å². The maximum atomic E-state index is 12.4. The van der Waals surface area contributed by atoms with E-state index < -0.39 is 0 Å². The average Bonchev–Trinajstić information content (AvgIpc) is 2.85. The molecule has 19 heavy (non-hydrogen) atoms. The lowest BCUT2D eigenvalue weighted by molar-refractivity contribution is 0.0757. The molecule has 0 spiro atoms. The van der Waals surface area contributed by atoms with E-state index in [4.69, 9.17) is 0 Å². The van der Waals surface area contributed by atoms with Gasteiger partial charge in [0.2, 0.25) is 0 Å². The molecule has 3 nitrogen and oxygen atoms in total. The summed E-state index contributed by atoms with van der Waals surface area (Å²) in [7, 11) is 0. The number of benzene rings is 1. The molecule has 1 aromatic heterocycles. The van der Waals surface area contributed by atoms with Crippen LogP contribution in [0.2, 0.25) is 0 Å². The molecule has 1 heterocycles. The van der Waals surface area contributed by atoms with E-state index in [1.165, 1.54) is 11.3 Å². The molecule has 0 aliphatic heterocycles. The number of carbonyl (C=O) groups is 1. The molecule has 1 amide bonds. The molecule has 0 atom stereocenters. The van der Waals surface area contributed by atoms with E-state index in [2.05, 4.69) is 11.6 Å². The molecule has 0 fully saturated rings. The molecule has 98 valence electrons. The minimum Gasteiger partial charge on any atom is -0.329 e. The summed E-state index contributed by atoms with van der Waals surface area (Å²) in [4.78, 5) is 18.4. The van der Waals surface area contributed by atoms with Gasteiger partial charge in [0.1, 0.15) is 5.69 Å². The van der Waals surface area contributed by atoms with Gasteiger partial charge in [-0.1, -0.05) is 36.4 Å². The monoisotopic (exact) mass is 272 g/mol. The zero-order chi connectivity index (χ0) is 13.7. The van der Waals surface area contributed by atoms with E-state index in [-0.39, 0.29) is 5.91 Å². The predicted molar refractivity (Wildman–Crippen MR) is 78.2 cm³/mol. The summed E-state index contributed by atoms with van der Waals surface area (Å²) in [6.45, 7) is 6.70. The minimum absolute atomic E-state index is 0.0481. The second-order valence-electron chi connectivity index (χ2n) is 4.21. The summed E-state index contributed by atoms with van der Waals surface area (Å²) in [6, 6.07) is 9.93. The molecule has 2 rings (SSSR count). The van der Waals surface area contributed by atoms with Crippen molar-refractivity contribution in [3.63, 3.8) is 0 Å². The van der Waals surface area contributed by atoms with Crippen molar-refractivity contribution < 1.29 is 4.79 Å². The molecule has 0 unspecified atom stereocenters. The minimum atomic E-state index is -0.0481. The standard InChI is InChI=1S/C15H16N2OS/c1-3-9-17(10-13-7-5-4-6-8-13)15(18)14-11-19-12(2)16-14/h3-8,11H,1,9-10H2,2H3. The number of hydrogen-bond donors (Lipinski definition) is 0. The largest absolute Gasteiger partial charge is 0.329 e. The van der Waals surface area contributed by atoms with Crippen LogP contribution < -0.4 is 0 Å². The Bertz CT molecular complexity index is 563. The molecule has 0 saturated carbocycles. The number of rotatable bonds is 5. The van der Waals surface area contributed by atoms with Crippen LogP contribution in [0.5, 0.6) is 0 Å². The molecule has 0 aliphatic rings. The number of aromatic nitrogens is 1. The van der Waals surface area contributed by atoms with Crippen LogP contribution in [0.4, 0.5) is 0 Å². The lowest BCUT2D eigenvalue weighted by Crippen LogP contribution is -2.30. The predicted octanol–water partition coefficient (Wildman–Crippen LogP) is 3.28. The van der Waals surface area contributed by atoms with Gasteiger partial charge in [0, 0.05) is 18.5 Å². The van der Waals surface area contributed by atoms with Crippen molar-refractivity contribution in [2.45, 2.75) is 13.5 Å². The molecule has 0 bridgehead atoms. The van der Waals surface area contributed by atoms with Gasteiger partial charge < -0.3 is 4.90 Å². The SMILES string of the molecule is C=CCN(Cc1ccccc1)C(=O)c1csc(C)n1. The quantitative estimate of drug-likeness (QED) is 0.783. The van der Waals surface area contributed by atoms with Gasteiger partial charge in [0.25, 0.3) is 5.91 Å². The smallest absolute Gasteiger partial charge is 0.273 e. The van der Waals surface area contributed by atoms with Crippen LogP contribution in [0.3, 0.4) is 0 Å². The first-order chi connectivity index (χ1) is 9.20. The lowest BCUT2D eigenvalue weighted by atomic mass is 10.2. The van der Waals surface area contributed by atoms with E-state index in [1.807, 2.05) is 37.3 Å². The van der Waals surface area contributed by atoms with Crippen LogP contribution in [0.15, 0.2) is 48.4 Å². The van der Waals surface area contributed by atoms with Gasteiger partial charge in [-0.05, 0) is 12.5 Å². The first-order valence-electron chi connectivity index (χ1n) is 6.07. The zero-order valence-electron chi connectivity index (χ0n) is 10.9. The van der Waals surface area contributed by atoms with Gasteiger partial charge in [-0.2, -0.15) is 0 Å². The Morgan fingerprint density at radius 3 is 2.74 bits per heavy atom. The number of thiazole rings is 1. The second kappa shape index (κ2) is 6.29. The summed E-state index contributed by atoms with van der Waals surface area (Å²) in [6.07, 6.45) is 1.74. The molecular formula is C15H16N2OS. The third-order valence-corrected chi connectivity index (χ3v) is 3.46. The van der Waals surface area contributed by atoms with Crippen LogP contribution in [0, 0.1) is 6.92 Å². The van der Waals surface area contributed by atoms with Crippen molar-refractivity contribution in [1.82, 2.24) is 9.88 Å². The van der Waals surface area contributed by atoms with Crippen molar-refractivity contribution in [1.29, 1.82) is 0 Å². The summed E-state index contributed by atoms with van der Waals surface area (Å²) < 4.78 is 0. The van der Waals surface area contributed by atoms with Gasteiger partial charge in [-0.3, -0.25) is 4.79 Å². The van der Waals surface area contributed by atoms with Crippen molar-refractivity contribution in [2.75, 3.05) is 6.54 Å². The fourth-order valence-electron chi connectivity index (χ4n) is 1.80. The number of amides is 1. The maximum absolute atomic E-state index is 12.4. The fourth-order valence-corrected chi connectivity index (χ4v) is 2.39. The molecule has 0 N–H and O–H groups in total. The Hall–Kier alpha value is -1.94. The normalized spacial score (nSPS) is 10.2. The highest BCUT2D eigenvalue weighted by molar-refractivity contribution is 7.09. The summed E-state index contributed by atoms with van der Waals surface area (Å²) in [5.41, 5.74) is 1.62. The van der Waals surface area contributed by atoms with Crippen molar-refractivity contribution in [3.05, 3.63) is 64.6 Å². The Morgan fingerprint density at radius 2 is 2.16 bits per heavy atom. The third-order valence-electron chi connectivity index (χ3n) is 2.69. The van der Waals surface area contributed by atoms with E-state index in [0.29, 0.717) is 18.8 Å². The second-order valence-corrected chi connectivity index (χ2v) is 5.27. The number of hydrogen-bond acceptors (Lipinski definition) is 3. The van der Waals surface area contributed by atoms with Gasteiger partial charge in [-0.15, -0.1) is 17.9 Å². The van der Waals surface area contributed by atoms with Gasteiger partial charge >= 0.3 is 0 Å². The Labute approximate surface area is 117 Å². The van der Waals surface area contributed by atoms with Crippen LogP contribution in [-0.4, -0.2) is 22.3 Å². The zero-order valence-corrected chi connectivity index (χ0v) is 11.7. The van der Waals surface area contributed by atoms with Gasteiger partial charge in [0.15, 0.2) is 0 Å². The number of aryl methyl sites for hydroxylation is 1. The summed E-state index contributed by atoms with van der Waals surface area (Å²) >= 11 is 1.49. The molecule has 4 heteroatoms. The average molecular weight is 272 g/mol. The molecular weight excluding hydrogens is 256 g/mol. The number of carbonyl (C=O) groups excluding carboxylic acids is 1. The van der Waals surface area contributed by atoms with E-state index >= 15 is 0 Å². The first kappa shape index (κ1) is 13.5. The topological polar surface area (TPSA) is 33.2 Å². The highest BCUT2D eigenvalue weighted by Gasteiger charge is 2.17. The molecule has 0 aliphatic carbocycles. The first-order valence-corrected chi connectivity index (χ1v) is 6.95. The van der Waals surface area contributed by atoms with Gasteiger partial charge in [0.05, 0.1) is 5.01 Å². The van der Waals surface area contributed by atoms with Crippen LogP contribution >= 0.6 is 11.3 Å². The highest BCUT2D eigenvalue weighted by Crippen LogP contribution is 2.13. The van der Waals surface area contributed by atoms with Crippen molar-refractivity contribution >= 4 is 17.2 Å². The Morgan fingerprint density at radius 1 is 1.42 bits per heavy atom. The van der Waals surface area contributed by atoms with Gasteiger partial charge in [-0.25, -0.2) is 4.98 Å². The Balaban J connectivity index is 2.15. The van der Waals surface area contributed by atoms with Crippen LogP contribution in [0.1, 0.15) is 21.1 Å². The molecule has 1 aromatic carbocycles. The fraction of sp³-hybridized carbons (Fsp3) is 0.200. The molecule has 0 saturated heterocycles. The number of nitrogens with zero attached hydrogens (tertiary/aromatic N) is 2. The van der Waals surface area contributed by atoms with Crippen LogP contribution in [0.25, 0.3) is 0 Å². The Kier molecular flexibility index (Phi) is 4.47.